The highest BCUT2D eigenvalue weighted by molar-refractivity contribution is 6.33. The molecule has 1 heterocycles. The molecule has 2 aromatic rings. The van der Waals surface area contributed by atoms with Crippen molar-refractivity contribution in [2.24, 2.45) is 0 Å². The molecule has 154 valence electrons. The van der Waals surface area contributed by atoms with Crippen molar-refractivity contribution >= 4 is 23.4 Å². The first-order valence-electron chi connectivity index (χ1n) is 9.76. The number of halogens is 1. The molecule has 2 amide bonds. The molecule has 29 heavy (non-hydrogen) atoms. The summed E-state index contributed by atoms with van der Waals surface area (Å²) in [6.07, 6.45) is 0.706. The van der Waals surface area contributed by atoms with E-state index in [9.17, 15) is 9.59 Å². The van der Waals surface area contributed by atoms with Crippen molar-refractivity contribution in [3.05, 3.63) is 59.1 Å². The van der Waals surface area contributed by atoms with Gasteiger partial charge in [-0.1, -0.05) is 35.9 Å². The van der Waals surface area contributed by atoms with Crippen molar-refractivity contribution in [1.29, 1.82) is 0 Å². The first kappa shape index (κ1) is 21.0. The fourth-order valence-electron chi connectivity index (χ4n) is 3.25. The Morgan fingerprint density at radius 1 is 0.897 bits per heavy atom. The Kier molecular flexibility index (Phi) is 7.36. The highest BCUT2D eigenvalue weighted by atomic mass is 35.5. The molecule has 0 saturated carbocycles. The minimum Gasteiger partial charge on any atom is -0.490 e. The lowest BCUT2D eigenvalue weighted by atomic mass is 10.2. The van der Waals surface area contributed by atoms with Gasteiger partial charge in [-0.25, -0.2) is 0 Å². The molecule has 3 rings (SSSR count). The number of carbonyl (C=O) groups is 2. The average molecular weight is 417 g/mol. The molecule has 0 atom stereocenters. The molecular weight excluding hydrogens is 392 g/mol. The van der Waals surface area contributed by atoms with E-state index < -0.39 is 0 Å². The lowest BCUT2D eigenvalue weighted by Gasteiger charge is -2.23. The van der Waals surface area contributed by atoms with Gasteiger partial charge in [-0.3, -0.25) is 9.59 Å². The quantitative estimate of drug-likeness (QED) is 0.723. The molecule has 0 aliphatic carbocycles. The summed E-state index contributed by atoms with van der Waals surface area (Å²) in [6.45, 7) is 4.45. The monoisotopic (exact) mass is 416 g/mol. The largest absolute Gasteiger partial charge is 0.490 e. The number of rotatable bonds is 6. The molecule has 6 nitrogen and oxygen atoms in total. The van der Waals surface area contributed by atoms with Gasteiger partial charge in [0.05, 0.1) is 17.2 Å². The average Bonchev–Trinajstić information content (AvgIpc) is 2.99. The molecule has 0 radical (unpaired) electrons. The van der Waals surface area contributed by atoms with E-state index in [0.29, 0.717) is 61.3 Å². The van der Waals surface area contributed by atoms with E-state index >= 15 is 0 Å². The first-order valence-corrected chi connectivity index (χ1v) is 10.1. The van der Waals surface area contributed by atoms with Crippen molar-refractivity contribution in [3.8, 4) is 11.5 Å². The van der Waals surface area contributed by atoms with Gasteiger partial charge in [0.25, 0.3) is 11.8 Å². The zero-order valence-corrected chi connectivity index (χ0v) is 17.2. The van der Waals surface area contributed by atoms with Gasteiger partial charge in [0.1, 0.15) is 0 Å². The maximum Gasteiger partial charge on any atom is 0.260 e. The minimum atomic E-state index is -0.108. The van der Waals surface area contributed by atoms with Crippen LogP contribution in [-0.2, 0) is 4.79 Å². The van der Waals surface area contributed by atoms with Crippen LogP contribution in [0.3, 0.4) is 0 Å². The summed E-state index contributed by atoms with van der Waals surface area (Å²) in [5, 5.41) is 0.441. The van der Waals surface area contributed by atoms with Crippen molar-refractivity contribution in [2.75, 3.05) is 39.4 Å². The van der Waals surface area contributed by atoms with Gasteiger partial charge >= 0.3 is 0 Å². The number of hydrogen-bond donors (Lipinski definition) is 0. The maximum atomic E-state index is 12.8. The standard InChI is InChI=1S/C22H25ClN2O4/c1-2-28-19-10-5-6-11-20(19)29-16-21(26)24-12-7-13-25(15-14-24)22(27)17-8-3-4-9-18(17)23/h3-6,8-11H,2,7,12-16H2,1H3. The van der Waals surface area contributed by atoms with Crippen molar-refractivity contribution in [1.82, 2.24) is 9.80 Å². The summed E-state index contributed by atoms with van der Waals surface area (Å²) < 4.78 is 11.2. The molecule has 1 fully saturated rings. The molecule has 0 spiro atoms. The summed E-state index contributed by atoms with van der Waals surface area (Å²) in [4.78, 5) is 28.9. The Hall–Kier alpha value is -2.73. The Morgan fingerprint density at radius 2 is 1.52 bits per heavy atom. The fourth-order valence-corrected chi connectivity index (χ4v) is 3.47. The Morgan fingerprint density at radius 3 is 2.24 bits per heavy atom. The van der Waals surface area contributed by atoms with Crippen LogP contribution in [0, 0.1) is 0 Å². The normalized spacial score (nSPS) is 14.3. The van der Waals surface area contributed by atoms with Gasteiger partial charge in [0, 0.05) is 26.2 Å². The van der Waals surface area contributed by atoms with Crippen molar-refractivity contribution in [2.45, 2.75) is 13.3 Å². The van der Waals surface area contributed by atoms with Crippen LogP contribution in [0.4, 0.5) is 0 Å². The molecule has 2 aromatic carbocycles. The molecule has 0 bridgehead atoms. The van der Waals surface area contributed by atoms with Crippen LogP contribution in [0.1, 0.15) is 23.7 Å². The van der Waals surface area contributed by atoms with Gasteiger partial charge in [-0.2, -0.15) is 0 Å². The summed E-state index contributed by atoms with van der Waals surface area (Å²) in [5.41, 5.74) is 0.491. The number of ether oxygens (including phenoxy) is 2. The SMILES string of the molecule is CCOc1ccccc1OCC(=O)N1CCCN(C(=O)c2ccccc2Cl)CC1. The van der Waals surface area contributed by atoms with Gasteiger partial charge in [0.15, 0.2) is 18.1 Å². The van der Waals surface area contributed by atoms with E-state index in [4.69, 9.17) is 21.1 Å². The maximum absolute atomic E-state index is 12.8. The Balaban J connectivity index is 1.56. The summed E-state index contributed by atoms with van der Waals surface area (Å²) in [6, 6.07) is 14.3. The topological polar surface area (TPSA) is 59.1 Å². The van der Waals surface area contributed by atoms with Crippen LogP contribution in [0.15, 0.2) is 48.5 Å². The highest BCUT2D eigenvalue weighted by Crippen LogP contribution is 2.26. The molecule has 1 saturated heterocycles. The smallest absolute Gasteiger partial charge is 0.260 e. The van der Waals surface area contributed by atoms with Crippen LogP contribution < -0.4 is 9.47 Å². The number of hydrogen-bond acceptors (Lipinski definition) is 4. The highest BCUT2D eigenvalue weighted by Gasteiger charge is 2.24. The number of benzene rings is 2. The van der Waals surface area contributed by atoms with E-state index in [-0.39, 0.29) is 18.4 Å². The second-order valence-corrected chi connectivity index (χ2v) is 7.08. The zero-order chi connectivity index (χ0) is 20.6. The number of nitrogens with zero attached hydrogens (tertiary/aromatic N) is 2. The third-order valence-corrected chi connectivity index (χ3v) is 5.07. The fraction of sp³-hybridized carbons (Fsp3) is 0.364. The molecule has 7 heteroatoms. The van der Waals surface area contributed by atoms with E-state index in [0.717, 1.165) is 0 Å². The summed E-state index contributed by atoms with van der Waals surface area (Å²) >= 11 is 6.15. The number of amides is 2. The van der Waals surface area contributed by atoms with Gasteiger partial charge in [-0.15, -0.1) is 0 Å². The molecule has 0 unspecified atom stereocenters. The molecule has 0 N–H and O–H groups in total. The van der Waals surface area contributed by atoms with Crippen LogP contribution in [-0.4, -0.2) is 61.0 Å². The number of para-hydroxylation sites is 2. The third-order valence-electron chi connectivity index (χ3n) is 4.74. The Labute approximate surface area is 176 Å². The van der Waals surface area contributed by atoms with Crippen LogP contribution >= 0.6 is 11.6 Å². The van der Waals surface area contributed by atoms with Crippen LogP contribution in [0.5, 0.6) is 11.5 Å². The zero-order valence-electron chi connectivity index (χ0n) is 16.5. The van der Waals surface area contributed by atoms with E-state index in [1.165, 1.54) is 0 Å². The molecule has 1 aliphatic heterocycles. The second kappa shape index (κ2) is 10.2. The van der Waals surface area contributed by atoms with Crippen LogP contribution in [0.2, 0.25) is 5.02 Å². The predicted octanol–water partition coefficient (Wildman–Crippen LogP) is 3.49. The Bertz CT molecular complexity index is 858. The first-order chi connectivity index (χ1) is 14.1. The van der Waals surface area contributed by atoms with E-state index in [1.54, 1.807) is 40.1 Å². The van der Waals surface area contributed by atoms with Gasteiger partial charge < -0.3 is 19.3 Å². The summed E-state index contributed by atoms with van der Waals surface area (Å²) in [5.74, 6) is 0.957. The van der Waals surface area contributed by atoms with E-state index in [1.807, 2.05) is 25.1 Å². The van der Waals surface area contributed by atoms with Crippen LogP contribution in [0.25, 0.3) is 0 Å². The minimum absolute atomic E-state index is 0.0669. The predicted molar refractivity (Wildman–Crippen MR) is 112 cm³/mol. The summed E-state index contributed by atoms with van der Waals surface area (Å²) in [7, 11) is 0. The third kappa shape index (κ3) is 5.41. The molecular formula is C22H25ClN2O4. The van der Waals surface area contributed by atoms with E-state index in [2.05, 4.69) is 0 Å². The van der Waals surface area contributed by atoms with Gasteiger partial charge in [-0.05, 0) is 37.6 Å². The van der Waals surface area contributed by atoms with Crippen molar-refractivity contribution < 1.29 is 19.1 Å². The number of carbonyl (C=O) groups excluding carboxylic acids is 2. The van der Waals surface area contributed by atoms with Gasteiger partial charge in [0.2, 0.25) is 0 Å². The lowest BCUT2D eigenvalue weighted by Crippen LogP contribution is -2.39. The molecule has 1 aliphatic rings. The second-order valence-electron chi connectivity index (χ2n) is 6.67. The molecule has 0 aromatic heterocycles. The van der Waals surface area contributed by atoms with Crippen molar-refractivity contribution in [3.63, 3.8) is 0 Å². The lowest BCUT2D eigenvalue weighted by molar-refractivity contribution is -0.133.